The van der Waals surface area contributed by atoms with Crippen molar-refractivity contribution >= 4 is 11.6 Å². The third-order valence-corrected chi connectivity index (χ3v) is 4.34. The largest absolute Gasteiger partial charge is 0.311 e. The van der Waals surface area contributed by atoms with Crippen molar-refractivity contribution in [1.82, 2.24) is 9.97 Å². The molecule has 3 heteroatoms. The molecule has 0 radical (unpaired) electrons. The number of anilines is 2. The van der Waals surface area contributed by atoms with E-state index < -0.39 is 0 Å². The highest BCUT2D eigenvalue weighted by Crippen LogP contribution is 2.21. The fourth-order valence-corrected chi connectivity index (χ4v) is 2.95. The summed E-state index contributed by atoms with van der Waals surface area (Å²) in [6.45, 7) is 3.25. The topological polar surface area (TPSA) is 29.0 Å². The van der Waals surface area contributed by atoms with Crippen LogP contribution in [0.2, 0.25) is 0 Å². The van der Waals surface area contributed by atoms with E-state index in [1.165, 1.54) is 57.8 Å². The summed E-state index contributed by atoms with van der Waals surface area (Å²) in [6, 6.07) is 12.1. The van der Waals surface area contributed by atoms with Crippen LogP contribution in [0.5, 0.6) is 0 Å². The molecular formula is C21H31N3. The van der Waals surface area contributed by atoms with Gasteiger partial charge in [0.1, 0.15) is 11.6 Å². The van der Waals surface area contributed by atoms with Crippen LogP contribution >= 0.6 is 0 Å². The molecule has 0 spiro atoms. The zero-order valence-corrected chi connectivity index (χ0v) is 15.0. The lowest BCUT2D eigenvalue weighted by Gasteiger charge is -2.22. The average molecular weight is 326 g/mol. The third kappa shape index (κ3) is 6.69. The predicted molar refractivity (Wildman–Crippen MR) is 103 cm³/mol. The van der Waals surface area contributed by atoms with Gasteiger partial charge in [-0.3, -0.25) is 0 Å². The summed E-state index contributed by atoms with van der Waals surface area (Å²) in [5, 5.41) is 0. The van der Waals surface area contributed by atoms with Crippen LogP contribution in [0.4, 0.5) is 11.6 Å². The molecule has 0 N–H and O–H groups in total. The highest BCUT2D eigenvalue weighted by molar-refractivity contribution is 5.55. The van der Waals surface area contributed by atoms with Crippen molar-refractivity contribution in [1.29, 1.82) is 0 Å². The van der Waals surface area contributed by atoms with Crippen molar-refractivity contribution in [3.8, 4) is 0 Å². The van der Waals surface area contributed by atoms with Crippen LogP contribution in [0.15, 0.2) is 48.8 Å². The van der Waals surface area contributed by atoms with Crippen molar-refractivity contribution in [2.24, 2.45) is 0 Å². The van der Waals surface area contributed by atoms with Gasteiger partial charge < -0.3 is 4.90 Å². The summed E-state index contributed by atoms with van der Waals surface area (Å²) in [5.74, 6) is 1.96. The van der Waals surface area contributed by atoms with Crippen molar-refractivity contribution in [3.63, 3.8) is 0 Å². The predicted octanol–water partition coefficient (Wildman–Crippen LogP) is 6.15. The molecule has 2 heterocycles. The van der Waals surface area contributed by atoms with E-state index in [0.29, 0.717) is 0 Å². The van der Waals surface area contributed by atoms with Crippen LogP contribution < -0.4 is 4.90 Å². The van der Waals surface area contributed by atoms with Crippen LogP contribution in [0.3, 0.4) is 0 Å². The molecule has 0 bridgehead atoms. The Hall–Kier alpha value is -1.90. The number of rotatable bonds is 12. The van der Waals surface area contributed by atoms with Gasteiger partial charge in [-0.15, -0.1) is 0 Å². The smallest absolute Gasteiger partial charge is 0.134 e. The first kappa shape index (κ1) is 18.4. The molecule has 2 aromatic heterocycles. The van der Waals surface area contributed by atoms with E-state index in [0.717, 1.165) is 18.2 Å². The highest BCUT2D eigenvalue weighted by Gasteiger charge is 2.10. The summed E-state index contributed by atoms with van der Waals surface area (Å²) >= 11 is 0. The van der Waals surface area contributed by atoms with Crippen molar-refractivity contribution < 1.29 is 0 Å². The molecule has 0 amide bonds. The molecule has 24 heavy (non-hydrogen) atoms. The molecule has 3 nitrogen and oxygen atoms in total. The molecule has 2 rings (SSSR count). The van der Waals surface area contributed by atoms with Crippen LogP contribution in [0.1, 0.15) is 64.7 Å². The normalized spacial score (nSPS) is 10.7. The van der Waals surface area contributed by atoms with E-state index in [-0.39, 0.29) is 0 Å². The number of pyridine rings is 2. The summed E-state index contributed by atoms with van der Waals surface area (Å²) in [5.41, 5.74) is 0. The molecule has 0 unspecified atom stereocenters. The summed E-state index contributed by atoms with van der Waals surface area (Å²) in [7, 11) is 0. The van der Waals surface area contributed by atoms with Gasteiger partial charge in [-0.05, 0) is 30.7 Å². The van der Waals surface area contributed by atoms with Crippen LogP contribution in [0.25, 0.3) is 0 Å². The summed E-state index contributed by atoms with van der Waals surface area (Å²) < 4.78 is 0. The molecule has 0 atom stereocenters. The molecule has 0 aliphatic rings. The average Bonchev–Trinajstić information content (AvgIpc) is 2.65. The second kappa shape index (κ2) is 11.6. The Labute approximate surface area is 147 Å². The van der Waals surface area contributed by atoms with E-state index in [4.69, 9.17) is 0 Å². The fourth-order valence-electron chi connectivity index (χ4n) is 2.95. The second-order valence-corrected chi connectivity index (χ2v) is 6.36. The number of aromatic nitrogens is 2. The molecule has 0 aromatic carbocycles. The van der Waals surface area contributed by atoms with E-state index >= 15 is 0 Å². The minimum atomic E-state index is 0.976. The van der Waals surface area contributed by atoms with Gasteiger partial charge in [0.05, 0.1) is 0 Å². The Morgan fingerprint density at radius 1 is 0.667 bits per heavy atom. The minimum absolute atomic E-state index is 0.976. The molecular weight excluding hydrogens is 294 g/mol. The Balaban J connectivity index is 1.74. The van der Waals surface area contributed by atoms with Gasteiger partial charge >= 0.3 is 0 Å². The summed E-state index contributed by atoms with van der Waals surface area (Å²) in [6.07, 6.45) is 15.8. The molecule has 0 fully saturated rings. The Bertz CT molecular complexity index is 488. The first-order valence-corrected chi connectivity index (χ1v) is 9.51. The van der Waals surface area contributed by atoms with E-state index in [1.54, 1.807) is 0 Å². The monoisotopic (exact) mass is 325 g/mol. The highest BCUT2D eigenvalue weighted by atomic mass is 15.2. The number of hydrogen-bond donors (Lipinski definition) is 0. The Kier molecular flexibility index (Phi) is 8.92. The Morgan fingerprint density at radius 3 is 1.62 bits per heavy atom. The van der Waals surface area contributed by atoms with Crippen LogP contribution in [-0.4, -0.2) is 16.5 Å². The maximum atomic E-state index is 4.50. The molecule has 130 valence electrons. The van der Waals surface area contributed by atoms with Gasteiger partial charge in [0.15, 0.2) is 0 Å². The number of unbranched alkanes of at least 4 members (excludes halogenated alkanes) is 8. The van der Waals surface area contributed by atoms with Gasteiger partial charge in [0.2, 0.25) is 0 Å². The first-order valence-electron chi connectivity index (χ1n) is 9.51. The molecule has 0 saturated carbocycles. The number of nitrogens with zero attached hydrogens (tertiary/aromatic N) is 3. The van der Waals surface area contributed by atoms with Gasteiger partial charge in [0, 0.05) is 18.9 Å². The van der Waals surface area contributed by atoms with Gasteiger partial charge in [-0.1, -0.05) is 70.4 Å². The van der Waals surface area contributed by atoms with Gasteiger partial charge in [-0.2, -0.15) is 0 Å². The Morgan fingerprint density at radius 2 is 1.17 bits per heavy atom. The maximum Gasteiger partial charge on any atom is 0.134 e. The molecule has 0 saturated heterocycles. The third-order valence-electron chi connectivity index (χ3n) is 4.34. The SMILES string of the molecule is CCCCCCCCCCCN(c1ccccn1)c1ccccn1. The van der Waals surface area contributed by atoms with E-state index in [2.05, 4.69) is 33.9 Å². The van der Waals surface area contributed by atoms with Crippen molar-refractivity contribution in [2.75, 3.05) is 11.4 Å². The zero-order valence-electron chi connectivity index (χ0n) is 15.0. The van der Waals surface area contributed by atoms with Crippen molar-refractivity contribution in [2.45, 2.75) is 64.7 Å². The lowest BCUT2D eigenvalue weighted by molar-refractivity contribution is 0.565. The van der Waals surface area contributed by atoms with E-state index in [9.17, 15) is 0 Å². The van der Waals surface area contributed by atoms with Gasteiger partial charge in [0.25, 0.3) is 0 Å². The fraction of sp³-hybridized carbons (Fsp3) is 0.524. The minimum Gasteiger partial charge on any atom is -0.311 e. The summed E-state index contributed by atoms with van der Waals surface area (Å²) in [4.78, 5) is 11.2. The van der Waals surface area contributed by atoms with Crippen LogP contribution in [-0.2, 0) is 0 Å². The quantitative estimate of drug-likeness (QED) is 0.438. The lowest BCUT2D eigenvalue weighted by Crippen LogP contribution is -2.20. The maximum absolute atomic E-state index is 4.50. The zero-order chi connectivity index (χ0) is 16.9. The second-order valence-electron chi connectivity index (χ2n) is 6.36. The number of hydrogen-bond acceptors (Lipinski definition) is 3. The standard InChI is InChI=1S/C21H31N3/c1-2-3-4-5-6-7-8-9-14-19-24(20-15-10-12-17-22-20)21-16-11-13-18-23-21/h10-13,15-18H,2-9,14,19H2,1H3. The molecule has 0 aliphatic heterocycles. The molecule has 2 aromatic rings. The van der Waals surface area contributed by atoms with Gasteiger partial charge in [-0.25, -0.2) is 9.97 Å². The lowest BCUT2D eigenvalue weighted by atomic mass is 10.1. The van der Waals surface area contributed by atoms with Crippen LogP contribution in [0, 0.1) is 0 Å². The molecule has 0 aliphatic carbocycles. The van der Waals surface area contributed by atoms with Crippen molar-refractivity contribution in [3.05, 3.63) is 48.8 Å². The van der Waals surface area contributed by atoms with E-state index in [1.807, 2.05) is 36.7 Å². The first-order chi connectivity index (χ1) is 11.9.